The number of aliphatic hydroxyl groups is 1. The van der Waals surface area contributed by atoms with E-state index in [2.05, 4.69) is 31.2 Å². The molecule has 1 atom stereocenters. The standard InChI is InChI=1S/C17H28O4/c1-15-4-3-5-16(12-15)13-17(14-18)6-7-20-10-11-21-9-8-19-2/h3-5,12,17-18H,6-11,13-14H2,1-2H3. The van der Waals surface area contributed by atoms with E-state index in [4.69, 9.17) is 14.2 Å². The number of hydrogen-bond acceptors (Lipinski definition) is 4. The van der Waals surface area contributed by atoms with Crippen molar-refractivity contribution in [2.75, 3.05) is 46.8 Å². The normalized spacial score (nSPS) is 12.5. The minimum absolute atomic E-state index is 0.196. The fraction of sp³-hybridized carbons (Fsp3) is 0.647. The Kier molecular flexibility index (Phi) is 10.1. The molecule has 0 saturated heterocycles. The van der Waals surface area contributed by atoms with Crippen molar-refractivity contribution in [2.45, 2.75) is 19.8 Å². The van der Waals surface area contributed by atoms with E-state index in [0.717, 1.165) is 12.8 Å². The topological polar surface area (TPSA) is 47.9 Å². The summed E-state index contributed by atoms with van der Waals surface area (Å²) in [6.07, 6.45) is 1.76. The summed E-state index contributed by atoms with van der Waals surface area (Å²) in [6.45, 7) is 5.34. The monoisotopic (exact) mass is 296 g/mol. The van der Waals surface area contributed by atoms with E-state index in [1.807, 2.05) is 0 Å². The SMILES string of the molecule is COCCOCCOCCC(CO)Cc1cccc(C)c1. The molecule has 0 heterocycles. The predicted molar refractivity (Wildman–Crippen MR) is 83.6 cm³/mol. The summed E-state index contributed by atoms with van der Waals surface area (Å²) in [7, 11) is 1.66. The molecule has 0 saturated carbocycles. The van der Waals surface area contributed by atoms with Crippen LogP contribution in [0.2, 0.25) is 0 Å². The van der Waals surface area contributed by atoms with Gasteiger partial charge in [-0.1, -0.05) is 29.8 Å². The average Bonchev–Trinajstić information content (AvgIpc) is 2.48. The van der Waals surface area contributed by atoms with Crippen LogP contribution in [-0.4, -0.2) is 51.9 Å². The lowest BCUT2D eigenvalue weighted by Crippen LogP contribution is -2.14. The highest BCUT2D eigenvalue weighted by Crippen LogP contribution is 2.13. The van der Waals surface area contributed by atoms with Crippen molar-refractivity contribution in [1.29, 1.82) is 0 Å². The van der Waals surface area contributed by atoms with Crippen molar-refractivity contribution < 1.29 is 19.3 Å². The molecule has 1 aromatic rings. The van der Waals surface area contributed by atoms with Crippen LogP contribution in [0.1, 0.15) is 17.5 Å². The van der Waals surface area contributed by atoms with E-state index in [-0.39, 0.29) is 12.5 Å². The molecule has 21 heavy (non-hydrogen) atoms. The molecule has 0 amide bonds. The van der Waals surface area contributed by atoms with Crippen LogP contribution < -0.4 is 0 Å². The summed E-state index contributed by atoms with van der Waals surface area (Å²) < 4.78 is 15.7. The lowest BCUT2D eigenvalue weighted by Gasteiger charge is -2.14. The summed E-state index contributed by atoms with van der Waals surface area (Å²) in [5.74, 6) is 0.251. The van der Waals surface area contributed by atoms with E-state index in [1.54, 1.807) is 7.11 Å². The second-order valence-corrected chi connectivity index (χ2v) is 5.25. The number of rotatable bonds is 12. The summed E-state index contributed by atoms with van der Waals surface area (Å²) in [6, 6.07) is 8.43. The molecule has 1 rings (SSSR count). The van der Waals surface area contributed by atoms with Crippen molar-refractivity contribution in [3.05, 3.63) is 35.4 Å². The van der Waals surface area contributed by atoms with Crippen LogP contribution in [0.4, 0.5) is 0 Å². The summed E-state index contributed by atoms with van der Waals surface area (Å²) >= 11 is 0. The first-order chi connectivity index (χ1) is 10.3. The van der Waals surface area contributed by atoms with Gasteiger partial charge in [-0.3, -0.25) is 0 Å². The molecule has 0 spiro atoms. The molecule has 0 aromatic heterocycles. The number of hydrogen-bond donors (Lipinski definition) is 1. The Hall–Kier alpha value is -0.940. The zero-order valence-electron chi connectivity index (χ0n) is 13.2. The van der Waals surface area contributed by atoms with Crippen molar-refractivity contribution in [2.24, 2.45) is 5.92 Å². The van der Waals surface area contributed by atoms with Crippen LogP contribution in [0, 0.1) is 12.8 Å². The fourth-order valence-electron chi connectivity index (χ4n) is 2.14. The minimum atomic E-state index is 0.196. The van der Waals surface area contributed by atoms with Gasteiger partial charge in [0.2, 0.25) is 0 Å². The van der Waals surface area contributed by atoms with E-state index in [9.17, 15) is 5.11 Å². The molecule has 4 heteroatoms. The molecule has 0 aliphatic heterocycles. The van der Waals surface area contributed by atoms with Crippen molar-refractivity contribution in [3.63, 3.8) is 0 Å². The Balaban J connectivity index is 2.11. The number of aliphatic hydroxyl groups excluding tert-OH is 1. The first-order valence-electron chi connectivity index (χ1n) is 7.57. The third kappa shape index (κ3) is 8.83. The molecule has 4 nitrogen and oxygen atoms in total. The largest absolute Gasteiger partial charge is 0.396 e. The van der Waals surface area contributed by atoms with Crippen LogP contribution >= 0.6 is 0 Å². The third-order valence-electron chi connectivity index (χ3n) is 3.34. The van der Waals surface area contributed by atoms with Crippen molar-refractivity contribution >= 4 is 0 Å². The zero-order valence-corrected chi connectivity index (χ0v) is 13.2. The van der Waals surface area contributed by atoms with Gasteiger partial charge in [-0.15, -0.1) is 0 Å². The maximum Gasteiger partial charge on any atom is 0.0701 e. The molecular formula is C17H28O4. The van der Waals surface area contributed by atoms with Crippen LogP contribution in [0.15, 0.2) is 24.3 Å². The molecule has 0 fully saturated rings. The Labute approximate surface area is 128 Å². The van der Waals surface area contributed by atoms with Crippen LogP contribution in [0.5, 0.6) is 0 Å². The van der Waals surface area contributed by atoms with Gasteiger partial charge < -0.3 is 19.3 Å². The van der Waals surface area contributed by atoms with E-state index in [1.165, 1.54) is 11.1 Å². The summed E-state index contributed by atoms with van der Waals surface area (Å²) in [4.78, 5) is 0. The average molecular weight is 296 g/mol. The smallest absolute Gasteiger partial charge is 0.0701 e. The zero-order chi connectivity index (χ0) is 15.3. The Morgan fingerprint density at radius 1 is 1.05 bits per heavy atom. The van der Waals surface area contributed by atoms with Gasteiger partial charge in [-0.25, -0.2) is 0 Å². The van der Waals surface area contributed by atoms with Gasteiger partial charge in [-0.05, 0) is 31.2 Å². The highest BCUT2D eigenvalue weighted by atomic mass is 16.5. The molecule has 1 unspecified atom stereocenters. The van der Waals surface area contributed by atoms with E-state index >= 15 is 0 Å². The van der Waals surface area contributed by atoms with E-state index in [0.29, 0.717) is 33.0 Å². The van der Waals surface area contributed by atoms with Crippen LogP contribution in [0.25, 0.3) is 0 Å². The molecule has 0 aliphatic carbocycles. The molecule has 1 N–H and O–H groups in total. The van der Waals surface area contributed by atoms with Gasteiger partial charge in [0.1, 0.15) is 0 Å². The predicted octanol–water partition coefficient (Wildman–Crippen LogP) is 2.22. The minimum Gasteiger partial charge on any atom is -0.396 e. The molecule has 0 radical (unpaired) electrons. The highest BCUT2D eigenvalue weighted by Gasteiger charge is 2.08. The first-order valence-corrected chi connectivity index (χ1v) is 7.57. The maximum atomic E-state index is 9.46. The maximum absolute atomic E-state index is 9.46. The second-order valence-electron chi connectivity index (χ2n) is 5.25. The van der Waals surface area contributed by atoms with E-state index < -0.39 is 0 Å². The lowest BCUT2D eigenvalue weighted by molar-refractivity contribution is 0.0201. The molecule has 0 aliphatic rings. The van der Waals surface area contributed by atoms with Crippen LogP contribution in [0.3, 0.4) is 0 Å². The number of methoxy groups -OCH3 is 1. The molecule has 0 bridgehead atoms. The molecular weight excluding hydrogens is 268 g/mol. The van der Waals surface area contributed by atoms with Crippen molar-refractivity contribution in [1.82, 2.24) is 0 Å². The van der Waals surface area contributed by atoms with Gasteiger partial charge in [0.05, 0.1) is 26.4 Å². The molecule has 1 aromatic carbocycles. The Morgan fingerprint density at radius 2 is 1.76 bits per heavy atom. The summed E-state index contributed by atoms with van der Waals surface area (Å²) in [5, 5.41) is 9.46. The van der Waals surface area contributed by atoms with Gasteiger partial charge in [0.25, 0.3) is 0 Å². The second kappa shape index (κ2) is 11.7. The number of benzene rings is 1. The van der Waals surface area contributed by atoms with Gasteiger partial charge in [0.15, 0.2) is 0 Å². The number of aryl methyl sites for hydroxylation is 1. The Bertz CT molecular complexity index is 368. The van der Waals surface area contributed by atoms with Gasteiger partial charge in [-0.2, -0.15) is 0 Å². The summed E-state index contributed by atoms with van der Waals surface area (Å²) in [5.41, 5.74) is 2.53. The molecule has 120 valence electrons. The van der Waals surface area contributed by atoms with Gasteiger partial charge >= 0.3 is 0 Å². The van der Waals surface area contributed by atoms with Crippen LogP contribution in [-0.2, 0) is 20.6 Å². The lowest BCUT2D eigenvalue weighted by atomic mass is 9.96. The van der Waals surface area contributed by atoms with Crippen molar-refractivity contribution in [3.8, 4) is 0 Å². The highest BCUT2D eigenvalue weighted by molar-refractivity contribution is 5.22. The Morgan fingerprint density at radius 3 is 2.43 bits per heavy atom. The quantitative estimate of drug-likeness (QED) is 0.601. The third-order valence-corrected chi connectivity index (χ3v) is 3.34. The fourth-order valence-corrected chi connectivity index (χ4v) is 2.14. The number of ether oxygens (including phenoxy) is 3. The van der Waals surface area contributed by atoms with Gasteiger partial charge in [0, 0.05) is 20.3 Å². The first kappa shape index (κ1) is 18.1.